The number of aryl methyl sites for hydroxylation is 1. The highest BCUT2D eigenvalue weighted by Crippen LogP contribution is 2.40. The Kier molecular flexibility index (Phi) is 1.77. The van der Waals surface area contributed by atoms with Gasteiger partial charge in [0.1, 0.15) is 11.6 Å². The van der Waals surface area contributed by atoms with E-state index in [4.69, 9.17) is 12.2 Å². The normalized spacial score (nSPS) is 15.7. The minimum atomic E-state index is 0.540. The summed E-state index contributed by atoms with van der Waals surface area (Å²) in [5, 5.41) is 0. The summed E-state index contributed by atoms with van der Waals surface area (Å²) in [5.74, 6) is 5.00. The van der Waals surface area contributed by atoms with E-state index in [1.54, 1.807) is 0 Å². The molecule has 0 radical (unpaired) electrons. The maximum absolute atomic E-state index is 5.86. The molecule has 2 N–H and O–H groups in total. The van der Waals surface area contributed by atoms with Gasteiger partial charge in [0.15, 0.2) is 0 Å². The molecule has 1 fully saturated rings. The van der Waals surface area contributed by atoms with E-state index in [1.807, 2.05) is 11.5 Å². The van der Waals surface area contributed by atoms with Gasteiger partial charge in [-0.1, -0.05) is 5.92 Å². The van der Waals surface area contributed by atoms with Gasteiger partial charge in [0.05, 0.1) is 12.2 Å². The van der Waals surface area contributed by atoms with Gasteiger partial charge in [0, 0.05) is 5.92 Å². The van der Waals surface area contributed by atoms with Crippen molar-refractivity contribution in [2.45, 2.75) is 32.2 Å². The summed E-state index contributed by atoms with van der Waals surface area (Å²) < 4.78 is 1.95. The molecule has 0 aliphatic heterocycles. The first-order valence-corrected chi connectivity index (χ1v) is 4.50. The number of hydrogen-bond acceptors (Lipinski definition) is 2. The molecule has 0 saturated heterocycles. The van der Waals surface area contributed by atoms with Crippen molar-refractivity contribution in [2.24, 2.45) is 0 Å². The summed E-state index contributed by atoms with van der Waals surface area (Å²) in [6.45, 7) is 2.47. The summed E-state index contributed by atoms with van der Waals surface area (Å²) in [5.41, 5.74) is 6.76. The van der Waals surface area contributed by atoms with E-state index in [-0.39, 0.29) is 0 Å². The summed E-state index contributed by atoms with van der Waals surface area (Å²) in [6, 6.07) is 0. The molecule has 3 heteroatoms. The Morgan fingerprint density at radius 1 is 1.69 bits per heavy atom. The first-order chi connectivity index (χ1) is 6.24. The third kappa shape index (κ3) is 1.29. The summed E-state index contributed by atoms with van der Waals surface area (Å²) in [7, 11) is 0. The Morgan fingerprint density at radius 2 is 2.38 bits per heavy atom. The number of aromatic nitrogens is 2. The molecule has 1 aliphatic carbocycles. The zero-order valence-corrected chi connectivity index (χ0v) is 7.75. The Labute approximate surface area is 78.0 Å². The molecule has 1 saturated carbocycles. The molecule has 0 amide bonds. The van der Waals surface area contributed by atoms with Crippen molar-refractivity contribution in [2.75, 3.05) is 5.73 Å². The van der Waals surface area contributed by atoms with Crippen LogP contribution in [0.3, 0.4) is 0 Å². The molecule has 2 rings (SSSR count). The topological polar surface area (TPSA) is 43.8 Å². The zero-order valence-electron chi connectivity index (χ0n) is 7.75. The largest absolute Gasteiger partial charge is 0.384 e. The lowest BCUT2D eigenvalue weighted by Gasteiger charge is -2.03. The highest BCUT2D eigenvalue weighted by Gasteiger charge is 2.29. The molecule has 0 bridgehead atoms. The van der Waals surface area contributed by atoms with Crippen molar-refractivity contribution < 1.29 is 0 Å². The Morgan fingerprint density at radius 3 is 2.92 bits per heavy atom. The minimum absolute atomic E-state index is 0.540. The average Bonchev–Trinajstić information content (AvgIpc) is 2.89. The first-order valence-electron chi connectivity index (χ1n) is 4.50. The van der Waals surface area contributed by atoms with Crippen molar-refractivity contribution in [3.63, 3.8) is 0 Å². The number of nitrogen functional groups attached to an aromatic ring is 1. The predicted molar refractivity (Wildman–Crippen MR) is 52.2 cm³/mol. The van der Waals surface area contributed by atoms with Crippen LogP contribution in [0.15, 0.2) is 0 Å². The SMILES string of the molecule is C#CCn1c(C2CC2)nc(C)c1N. The van der Waals surface area contributed by atoms with E-state index >= 15 is 0 Å². The van der Waals surface area contributed by atoms with Crippen LogP contribution in [0.2, 0.25) is 0 Å². The van der Waals surface area contributed by atoms with Gasteiger partial charge in [-0.05, 0) is 19.8 Å². The maximum atomic E-state index is 5.86. The molecule has 3 nitrogen and oxygen atoms in total. The molecular formula is C10H13N3. The van der Waals surface area contributed by atoms with Gasteiger partial charge >= 0.3 is 0 Å². The number of hydrogen-bond donors (Lipinski definition) is 1. The molecule has 0 aromatic carbocycles. The number of anilines is 1. The molecule has 0 spiro atoms. The molecule has 0 atom stereocenters. The second-order valence-corrected chi connectivity index (χ2v) is 3.51. The number of imidazole rings is 1. The third-order valence-corrected chi connectivity index (χ3v) is 2.41. The molecule has 13 heavy (non-hydrogen) atoms. The third-order valence-electron chi connectivity index (χ3n) is 2.41. The molecule has 1 aromatic heterocycles. The van der Waals surface area contributed by atoms with Crippen LogP contribution < -0.4 is 5.73 Å². The van der Waals surface area contributed by atoms with Gasteiger partial charge in [0.25, 0.3) is 0 Å². The monoisotopic (exact) mass is 175 g/mol. The highest BCUT2D eigenvalue weighted by atomic mass is 15.1. The lowest BCUT2D eigenvalue weighted by atomic mass is 10.4. The summed E-state index contributed by atoms with van der Waals surface area (Å²) in [4.78, 5) is 4.43. The highest BCUT2D eigenvalue weighted by molar-refractivity contribution is 5.39. The maximum Gasteiger partial charge on any atom is 0.127 e. The Bertz CT molecular complexity index is 366. The predicted octanol–water partition coefficient (Wildman–Crippen LogP) is 1.28. The van der Waals surface area contributed by atoms with Crippen molar-refractivity contribution in [1.29, 1.82) is 0 Å². The molecule has 1 aliphatic rings. The fourth-order valence-corrected chi connectivity index (χ4v) is 1.52. The fraction of sp³-hybridized carbons (Fsp3) is 0.500. The van der Waals surface area contributed by atoms with Crippen LogP contribution in [-0.2, 0) is 6.54 Å². The van der Waals surface area contributed by atoms with Gasteiger partial charge in [-0.3, -0.25) is 0 Å². The van der Waals surface area contributed by atoms with E-state index in [0.29, 0.717) is 12.5 Å². The van der Waals surface area contributed by atoms with Crippen LogP contribution in [0.1, 0.15) is 30.3 Å². The van der Waals surface area contributed by atoms with Crippen LogP contribution in [0.5, 0.6) is 0 Å². The summed E-state index contributed by atoms with van der Waals surface area (Å²) in [6.07, 6.45) is 7.72. The standard InChI is InChI=1S/C10H13N3/c1-3-6-13-9(11)7(2)12-10(13)8-4-5-8/h1,8H,4-6,11H2,2H3. The molecule has 1 heterocycles. The fourth-order valence-electron chi connectivity index (χ4n) is 1.52. The number of rotatable bonds is 2. The lowest BCUT2D eigenvalue weighted by molar-refractivity contribution is 0.762. The van der Waals surface area contributed by atoms with E-state index < -0.39 is 0 Å². The quantitative estimate of drug-likeness (QED) is 0.688. The minimum Gasteiger partial charge on any atom is -0.384 e. The van der Waals surface area contributed by atoms with Crippen molar-refractivity contribution in [1.82, 2.24) is 9.55 Å². The average molecular weight is 175 g/mol. The van der Waals surface area contributed by atoms with Crippen LogP contribution in [0.25, 0.3) is 0 Å². The number of nitrogens with zero attached hydrogens (tertiary/aromatic N) is 2. The van der Waals surface area contributed by atoms with E-state index in [0.717, 1.165) is 17.3 Å². The number of nitrogens with two attached hydrogens (primary N) is 1. The summed E-state index contributed by atoms with van der Waals surface area (Å²) >= 11 is 0. The zero-order chi connectivity index (χ0) is 9.42. The van der Waals surface area contributed by atoms with E-state index in [9.17, 15) is 0 Å². The number of terminal acetylenes is 1. The second-order valence-electron chi connectivity index (χ2n) is 3.51. The van der Waals surface area contributed by atoms with Crippen LogP contribution in [0, 0.1) is 19.3 Å². The Hall–Kier alpha value is -1.43. The van der Waals surface area contributed by atoms with Crippen molar-refractivity contribution in [3.8, 4) is 12.3 Å². The lowest BCUT2D eigenvalue weighted by Crippen LogP contribution is -2.05. The van der Waals surface area contributed by atoms with E-state index in [2.05, 4.69) is 10.9 Å². The molecule has 0 unspecified atom stereocenters. The van der Waals surface area contributed by atoms with Gasteiger partial charge < -0.3 is 10.3 Å². The van der Waals surface area contributed by atoms with Crippen LogP contribution >= 0.6 is 0 Å². The smallest absolute Gasteiger partial charge is 0.127 e. The van der Waals surface area contributed by atoms with Crippen molar-refractivity contribution in [3.05, 3.63) is 11.5 Å². The second kappa shape index (κ2) is 2.81. The molecular weight excluding hydrogens is 162 g/mol. The van der Waals surface area contributed by atoms with Gasteiger partial charge in [-0.25, -0.2) is 4.98 Å². The Balaban J connectivity index is 2.42. The van der Waals surface area contributed by atoms with Gasteiger partial charge in [0.2, 0.25) is 0 Å². The van der Waals surface area contributed by atoms with Gasteiger partial charge in [-0.2, -0.15) is 0 Å². The van der Waals surface area contributed by atoms with Gasteiger partial charge in [-0.15, -0.1) is 6.42 Å². The first kappa shape index (κ1) is 8.18. The van der Waals surface area contributed by atoms with E-state index in [1.165, 1.54) is 12.8 Å². The van der Waals surface area contributed by atoms with Crippen LogP contribution in [-0.4, -0.2) is 9.55 Å². The molecule has 68 valence electrons. The van der Waals surface area contributed by atoms with Crippen molar-refractivity contribution >= 4 is 5.82 Å². The van der Waals surface area contributed by atoms with Crippen LogP contribution in [0.4, 0.5) is 5.82 Å². The molecule has 1 aromatic rings.